The molecule has 0 aromatic heterocycles. The minimum atomic E-state index is -3.98. The summed E-state index contributed by atoms with van der Waals surface area (Å²) in [5.41, 5.74) is 1.03. The molecule has 3 N–H and O–H groups in total. The van der Waals surface area contributed by atoms with Gasteiger partial charge in [0.25, 0.3) is 15.9 Å². The zero-order valence-corrected chi connectivity index (χ0v) is 21.0. The number of hydrogen-bond acceptors (Lipinski definition) is 5. The summed E-state index contributed by atoms with van der Waals surface area (Å²) in [7, 11) is -2.57. The molecule has 3 rings (SSSR count). The number of ether oxygens (including phenoxy) is 1. The highest BCUT2D eigenvalue weighted by Crippen LogP contribution is 2.32. The van der Waals surface area contributed by atoms with E-state index in [0.717, 1.165) is 37.7 Å². The number of carbonyl (C=O) groups is 2. The summed E-state index contributed by atoms with van der Waals surface area (Å²) in [5.74, 6) is -0.160. The summed E-state index contributed by atoms with van der Waals surface area (Å²) in [5, 5.41) is 6.04. The van der Waals surface area contributed by atoms with Crippen molar-refractivity contribution in [2.45, 2.75) is 49.5 Å². The third-order valence-corrected chi connectivity index (χ3v) is 7.40. The van der Waals surface area contributed by atoms with Gasteiger partial charge in [-0.05, 0) is 49.1 Å². The van der Waals surface area contributed by atoms with Crippen LogP contribution >= 0.6 is 23.2 Å². The molecule has 0 unspecified atom stereocenters. The van der Waals surface area contributed by atoms with E-state index in [2.05, 4.69) is 15.4 Å². The maximum atomic E-state index is 12.5. The highest BCUT2D eigenvalue weighted by Gasteiger charge is 2.21. The molecule has 0 aliphatic heterocycles. The normalized spacial score (nSPS) is 14.3. The lowest BCUT2D eigenvalue weighted by Gasteiger charge is -2.22. The van der Waals surface area contributed by atoms with Crippen molar-refractivity contribution in [3.8, 4) is 5.75 Å². The Balaban J connectivity index is 1.53. The second-order valence-corrected chi connectivity index (χ2v) is 10.6. The molecule has 1 aliphatic carbocycles. The molecular formula is C23H27Cl2N3O5S. The molecule has 3 amide bonds. The van der Waals surface area contributed by atoms with E-state index in [1.54, 1.807) is 12.1 Å². The highest BCUT2D eigenvalue weighted by molar-refractivity contribution is 7.90. The minimum Gasteiger partial charge on any atom is -0.494 e. The number of hydrogen-bond donors (Lipinski definition) is 3. The third kappa shape index (κ3) is 7.01. The van der Waals surface area contributed by atoms with Crippen LogP contribution in [0.5, 0.6) is 5.75 Å². The predicted octanol–water partition coefficient (Wildman–Crippen LogP) is 4.30. The van der Waals surface area contributed by atoms with Crippen LogP contribution in [0.1, 0.15) is 48.0 Å². The molecule has 0 spiro atoms. The number of methoxy groups -OCH3 is 1. The number of nitrogens with one attached hydrogen (secondary N) is 3. The minimum absolute atomic E-state index is 0.00411. The number of halogens is 2. The van der Waals surface area contributed by atoms with E-state index in [1.165, 1.54) is 31.4 Å². The van der Waals surface area contributed by atoms with Gasteiger partial charge in [-0.15, -0.1) is 0 Å². The number of sulfonamides is 1. The Labute approximate surface area is 209 Å². The van der Waals surface area contributed by atoms with Crippen LogP contribution in [0.25, 0.3) is 0 Å². The topological polar surface area (TPSA) is 114 Å². The fourth-order valence-electron chi connectivity index (χ4n) is 3.83. The molecule has 1 aliphatic rings. The maximum absolute atomic E-state index is 12.5. The van der Waals surface area contributed by atoms with Gasteiger partial charge in [-0.3, -0.25) is 4.79 Å². The Kier molecular flexibility index (Phi) is 9.04. The van der Waals surface area contributed by atoms with Gasteiger partial charge in [-0.2, -0.15) is 0 Å². The number of rotatable bonds is 8. The van der Waals surface area contributed by atoms with Crippen LogP contribution in [-0.4, -0.2) is 40.1 Å². The van der Waals surface area contributed by atoms with Gasteiger partial charge in [0, 0.05) is 17.6 Å². The fourth-order valence-corrected chi connectivity index (χ4v) is 5.32. The molecule has 0 atom stereocenters. The van der Waals surface area contributed by atoms with Gasteiger partial charge in [0.1, 0.15) is 5.75 Å². The van der Waals surface area contributed by atoms with Crippen molar-refractivity contribution in [1.29, 1.82) is 0 Å². The van der Waals surface area contributed by atoms with E-state index in [9.17, 15) is 18.0 Å². The summed E-state index contributed by atoms with van der Waals surface area (Å²) in [6.45, 7) is 0.292. The second-order valence-electron chi connectivity index (χ2n) is 8.03. The Morgan fingerprint density at radius 1 is 1.06 bits per heavy atom. The largest absolute Gasteiger partial charge is 0.494 e. The monoisotopic (exact) mass is 527 g/mol. The fraction of sp³-hybridized carbons (Fsp3) is 0.391. The molecule has 1 saturated carbocycles. The summed E-state index contributed by atoms with van der Waals surface area (Å²) < 4.78 is 32.3. The first-order chi connectivity index (χ1) is 16.2. The lowest BCUT2D eigenvalue weighted by Crippen LogP contribution is -2.45. The molecule has 2 aromatic rings. The number of amides is 3. The first-order valence-corrected chi connectivity index (χ1v) is 13.2. The van der Waals surface area contributed by atoms with E-state index in [-0.39, 0.29) is 27.3 Å². The van der Waals surface area contributed by atoms with Crippen molar-refractivity contribution < 1.29 is 22.7 Å². The van der Waals surface area contributed by atoms with Gasteiger partial charge in [0.05, 0.1) is 22.6 Å². The van der Waals surface area contributed by atoms with Gasteiger partial charge in [0.2, 0.25) is 0 Å². The van der Waals surface area contributed by atoms with Crippen molar-refractivity contribution >= 4 is 45.2 Å². The summed E-state index contributed by atoms with van der Waals surface area (Å²) in [6, 6.07) is 8.37. The van der Waals surface area contributed by atoms with Crippen LogP contribution in [0.15, 0.2) is 41.3 Å². The molecule has 0 heterocycles. The zero-order chi connectivity index (χ0) is 24.7. The quantitative estimate of drug-likeness (QED) is 0.473. The van der Waals surface area contributed by atoms with Gasteiger partial charge in [-0.25, -0.2) is 17.9 Å². The van der Waals surface area contributed by atoms with Gasteiger partial charge in [-0.1, -0.05) is 54.6 Å². The maximum Gasteiger partial charge on any atom is 0.328 e. The first kappa shape index (κ1) is 26.1. The first-order valence-electron chi connectivity index (χ1n) is 10.9. The Morgan fingerprint density at radius 2 is 1.74 bits per heavy atom. The van der Waals surface area contributed by atoms with Crippen molar-refractivity contribution in [1.82, 2.24) is 15.4 Å². The Bertz CT molecular complexity index is 1130. The predicted molar refractivity (Wildman–Crippen MR) is 131 cm³/mol. The second kappa shape index (κ2) is 11.8. The van der Waals surface area contributed by atoms with Crippen molar-refractivity contribution in [3.63, 3.8) is 0 Å². The lowest BCUT2D eigenvalue weighted by molar-refractivity contribution is 0.0951. The number of urea groups is 1. The smallest absolute Gasteiger partial charge is 0.328 e. The van der Waals surface area contributed by atoms with Crippen LogP contribution in [0, 0.1) is 0 Å². The number of carbonyl (C=O) groups excluding carboxylic acids is 2. The summed E-state index contributed by atoms with van der Waals surface area (Å²) >= 11 is 12.1. The van der Waals surface area contributed by atoms with Crippen LogP contribution < -0.4 is 20.1 Å². The molecule has 0 bridgehead atoms. The van der Waals surface area contributed by atoms with Crippen LogP contribution in [0.3, 0.4) is 0 Å². The average molecular weight is 528 g/mol. The van der Waals surface area contributed by atoms with Crippen molar-refractivity contribution in [2.75, 3.05) is 13.7 Å². The zero-order valence-electron chi connectivity index (χ0n) is 18.7. The van der Waals surface area contributed by atoms with E-state index >= 15 is 0 Å². The molecule has 34 heavy (non-hydrogen) atoms. The molecule has 0 radical (unpaired) electrons. The standard InChI is InChI=1S/C23H27Cl2N3O5S/c1-33-21-19(13-16(24)14-20(21)25)22(29)26-12-11-15-7-9-18(10-8-15)34(31,32)28-23(30)27-17-5-3-2-4-6-17/h7-10,13-14,17H,2-6,11-12H2,1H3,(H,26,29)(H2,27,28,30). The van der Waals surface area contributed by atoms with Crippen LogP contribution in [-0.2, 0) is 16.4 Å². The molecule has 11 heteroatoms. The summed E-state index contributed by atoms with van der Waals surface area (Å²) in [4.78, 5) is 24.6. The molecule has 184 valence electrons. The Morgan fingerprint density at radius 3 is 2.38 bits per heavy atom. The van der Waals surface area contributed by atoms with Gasteiger partial charge < -0.3 is 15.4 Å². The van der Waals surface area contributed by atoms with E-state index in [0.29, 0.717) is 18.0 Å². The highest BCUT2D eigenvalue weighted by atomic mass is 35.5. The van der Waals surface area contributed by atoms with Crippen LogP contribution in [0.2, 0.25) is 10.0 Å². The van der Waals surface area contributed by atoms with E-state index in [4.69, 9.17) is 27.9 Å². The summed E-state index contributed by atoms with van der Waals surface area (Å²) in [6.07, 6.45) is 5.36. The number of benzene rings is 2. The molecule has 0 saturated heterocycles. The third-order valence-electron chi connectivity index (χ3n) is 5.56. The van der Waals surface area contributed by atoms with E-state index in [1.807, 2.05) is 0 Å². The van der Waals surface area contributed by atoms with Gasteiger partial charge >= 0.3 is 6.03 Å². The van der Waals surface area contributed by atoms with Crippen molar-refractivity contribution in [2.24, 2.45) is 0 Å². The molecule has 8 nitrogen and oxygen atoms in total. The molecule has 1 fully saturated rings. The molecule has 2 aromatic carbocycles. The van der Waals surface area contributed by atoms with E-state index < -0.39 is 22.0 Å². The SMILES string of the molecule is COc1c(Cl)cc(Cl)cc1C(=O)NCCc1ccc(S(=O)(=O)NC(=O)NC2CCCCC2)cc1. The van der Waals surface area contributed by atoms with Crippen LogP contribution in [0.4, 0.5) is 4.79 Å². The van der Waals surface area contributed by atoms with Gasteiger partial charge in [0.15, 0.2) is 0 Å². The molecular weight excluding hydrogens is 501 g/mol. The average Bonchev–Trinajstić information content (AvgIpc) is 2.79. The lowest BCUT2D eigenvalue weighted by atomic mass is 9.96. The van der Waals surface area contributed by atoms with Crippen molar-refractivity contribution in [3.05, 3.63) is 57.6 Å². The Hall–Kier alpha value is -2.49.